The number of nitro benzene ring substituents is 1. The van der Waals surface area contributed by atoms with Gasteiger partial charge >= 0.3 is 0 Å². The predicted molar refractivity (Wildman–Crippen MR) is 113 cm³/mol. The van der Waals surface area contributed by atoms with E-state index in [1.54, 1.807) is 18.2 Å². The van der Waals surface area contributed by atoms with Crippen LogP contribution in [0.4, 0.5) is 11.4 Å². The Hall–Kier alpha value is -2.96. The second-order valence-electron chi connectivity index (χ2n) is 6.70. The van der Waals surface area contributed by atoms with Gasteiger partial charge in [-0.05, 0) is 47.0 Å². The first-order valence-electron chi connectivity index (χ1n) is 8.88. The van der Waals surface area contributed by atoms with Crippen LogP contribution in [-0.2, 0) is 4.79 Å². The van der Waals surface area contributed by atoms with Gasteiger partial charge in [-0.2, -0.15) is 5.26 Å². The van der Waals surface area contributed by atoms with E-state index in [1.165, 1.54) is 22.3 Å². The van der Waals surface area contributed by atoms with E-state index in [0.29, 0.717) is 30.5 Å². The van der Waals surface area contributed by atoms with E-state index in [2.05, 4.69) is 22.0 Å². The Morgan fingerprint density at radius 3 is 2.69 bits per heavy atom. The molecule has 0 spiro atoms. The number of nitrogens with two attached hydrogens (primary N) is 1. The fourth-order valence-electron chi connectivity index (χ4n) is 3.94. The number of hydrogen-bond acceptors (Lipinski definition) is 7. The normalized spacial score (nSPS) is 19.2. The lowest BCUT2D eigenvalue weighted by atomic mass is 9.78. The lowest BCUT2D eigenvalue weighted by Crippen LogP contribution is -2.38. The van der Waals surface area contributed by atoms with E-state index >= 15 is 0 Å². The first kappa shape index (κ1) is 19.4. The molecule has 29 heavy (non-hydrogen) atoms. The van der Waals surface area contributed by atoms with Crippen molar-refractivity contribution in [3.63, 3.8) is 0 Å². The monoisotopic (exact) mass is 470 g/mol. The zero-order valence-electron chi connectivity index (χ0n) is 15.1. The van der Waals surface area contributed by atoms with Gasteiger partial charge in [0.2, 0.25) is 0 Å². The van der Waals surface area contributed by atoms with Crippen molar-refractivity contribution in [1.82, 2.24) is 0 Å². The highest BCUT2D eigenvalue weighted by molar-refractivity contribution is 9.11. The molecule has 0 saturated heterocycles. The number of para-hydroxylation sites is 2. The summed E-state index contributed by atoms with van der Waals surface area (Å²) in [4.78, 5) is 26.5. The molecule has 4 rings (SSSR count). The van der Waals surface area contributed by atoms with Gasteiger partial charge in [0.1, 0.15) is 11.5 Å². The Balaban J connectivity index is 2.01. The van der Waals surface area contributed by atoms with Crippen LogP contribution in [-0.4, -0.2) is 10.7 Å². The van der Waals surface area contributed by atoms with Gasteiger partial charge < -0.3 is 5.73 Å². The Bertz CT molecular complexity index is 1140. The highest BCUT2D eigenvalue weighted by Gasteiger charge is 2.42. The number of carbonyl (C=O) groups excluding carboxylic acids is 1. The minimum atomic E-state index is -0.557. The third-order valence-electron chi connectivity index (χ3n) is 5.11. The first-order chi connectivity index (χ1) is 13.9. The van der Waals surface area contributed by atoms with Crippen molar-refractivity contribution in [2.75, 3.05) is 4.90 Å². The zero-order valence-corrected chi connectivity index (χ0v) is 17.5. The van der Waals surface area contributed by atoms with Crippen LogP contribution in [0, 0.1) is 21.4 Å². The molecular formula is C20H15BrN4O3S. The van der Waals surface area contributed by atoms with Crippen molar-refractivity contribution < 1.29 is 9.72 Å². The van der Waals surface area contributed by atoms with Crippen LogP contribution < -0.4 is 10.6 Å². The second-order valence-corrected chi connectivity index (χ2v) is 9.20. The smallest absolute Gasteiger partial charge is 0.293 e. The van der Waals surface area contributed by atoms with E-state index in [0.717, 1.165) is 8.66 Å². The van der Waals surface area contributed by atoms with Crippen LogP contribution >= 0.6 is 27.3 Å². The van der Waals surface area contributed by atoms with Crippen molar-refractivity contribution in [3.8, 4) is 6.07 Å². The van der Waals surface area contributed by atoms with Crippen LogP contribution in [0.25, 0.3) is 0 Å². The molecule has 1 aromatic heterocycles. The summed E-state index contributed by atoms with van der Waals surface area (Å²) in [7, 11) is 0. The van der Waals surface area contributed by atoms with Gasteiger partial charge in [-0.1, -0.05) is 12.1 Å². The van der Waals surface area contributed by atoms with E-state index in [1.807, 2.05) is 12.1 Å². The average Bonchev–Trinajstić information content (AvgIpc) is 3.13. The number of anilines is 1. The maximum absolute atomic E-state index is 13.0. The van der Waals surface area contributed by atoms with Gasteiger partial charge in [-0.15, -0.1) is 11.3 Å². The number of nitriles is 1. The summed E-state index contributed by atoms with van der Waals surface area (Å²) in [6, 6.07) is 12.1. The molecular weight excluding hydrogens is 456 g/mol. The fourth-order valence-corrected chi connectivity index (χ4v) is 5.48. The van der Waals surface area contributed by atoms with E-state index < -0.39 is 10.8 Å². The average molecular weight is 471 g/mol. The van der Waals surface area contributed by atoms with Gasteiger partial charge in [0, 0.05) is 28.6 Å². The number of allylic oxidation sites excluding steroid dienone is 3. The minimum absolute atomic E-state index is 0.0513. The molecule has 9 heteroatoms. The zero-order chi connectivity index (χ0) is 20.7. The van der Waals surface area contributed by atoms with Crippen LogP contribution in [0.1, 0.15) is 30.1 Å². The van der Waals surface area contributed by atoms with Crippen molar-refractivity contribution in [2.45, 2.75) is 25.2 Å². The molecule has 1 atom stereocenters. The highest BCUT2D eigenvalue weighted by atomic mass is 79.9. The molecule has 146 valence electrons. The Kier molecular flexibility index (Phi) is 4.98. The lowest BCUT2D eigenvalue weighted by Gasteiger charge is -2.38. The summed E-state index contributed by atoms with van der Waals surface area (Å²) in [5, 5.41) is 21.5. The number of carbonyl (C=O) groups is 1. The van der Waals surface area contributed by atoms with Gasteiger partial charge in [0.25, 0.3) is 5.69 Å². The van der Waals surface area contributed by atoms with Crippen molar-refractivity contribution in [2.24, 2.45) is 5.73 Å². The second kappa shape index (κ2) is 7.46. The van der Waals surface area contributed by atoms with E-state index in [-0.39, 0.29) is 28.6 Å². The third-order valence-corrected chi connectivity index (χ3v) is 6.80. The molecule has 0 amide bonds. The summed E-state index contributed by atoms with van der Waals surface area (Å²) >= 11 is 4.88. The maximum atomic E-state index is 13.0. The number of halogens is 1. The van der Waals surface area contributed by atoms with Gasteiger partial charge in [0.05, 0.1) is 26.3 Å². The number of thiophene rings is 1. The van der Waals surface area contributed by atoms with Crippen molar-refractivity contribution in [1.29, 1.82) is 5.26 Å². The fraction of sp³-hybridized carbons (Fsp3) is 0.200. The molecule has 2 heterocycles. The number of benzene rings is 1. The molecule has 0 fully saturated rings. The summed E-state index contributed by atoms with van der Waals surface area (Å²) in [6.45, 7) is 0. The van der Waals surface area contributed by atoms with Crippen LogP contribution in [0.5, 0.6) is 0 Å². The topological polar surface area (TPSA) is 113 Å². The summed E-state index contributed by atoms with van der Waals surface area (Å²) in [5.74, 6) is -0.479. The molecule has 0 bridgehead atoms. The predicted octanol–water partition coefficient (Wildman–Crippen LogP) is 4.72. The Morgan fingerprint density at radius 1 is 1.28 bits per heavy atom. The van der Waals surface area contributed by atoms with Crippen LogP contribution in [0.2, 0.25) is 0 Å². The van der Waals surface area contributed by atoms with Gasteiger partial charge in [-0.3, -0.25) is 19.8 Å². The van der Waals surface area contributed by atoms with Crippen LogP contribution in [0.3, 0.4) is 0 Å². The summed E-state index contributed by atoms with van der Waals surface area (Å²) < 4.78 is 0.884. The minimum Gasteiger partial charge on any atom is -0.384 e. The largest absolute Gasteiger partial charge is 0.384 e. The molecule has 2 aliphatic rings. The Morgan fingerprint density at radius 2 is 2.03 bits per heavy atom. The number of hydrogen-bond donors (Lipinski definition) is 1. The molecule has 1 aromatic carbocycles. The third kappa shape index (κ3) is 3.14. The van der Waals surface area contributed by atoms with Crippen LogP contribution in [0.15, 0.2) is 62.8 Å². The SMILES string of the molecule is N#CC1=C(N)N(c2ccccc2[N+](=O)[O-])C2=C(C(=O)CCC2)C1c1ccc(Br)s1. The molecule has 2 N–H and O–H groups in total. The van der Waals surface area contributed by atoms with E-state index in [9.17, 15) is 20.2 Å². The molecule has 0 radical (unpaired) electrons. The van der Waals surface area contributed by atoms with Crippen molar-refractivity contribution in [3.05, 3.63) is 77.8 Å². The molecule has 1 aliphatic heterocycles. The number of rotatable bonds is 3. The van der Waals surface area contributed by atoms with Gasteiger partial charge in [0.15, 0.2) is 5.78 Å². The first-order valence-corrected chi connectivity index (χ1v) is 10.5. The molecule has 1 aliphatic carbocycles. The number of nitrogens with zero attached hydrogens (tertiary/aromatic N) is 3. The molecule has 1 unspecified atom stereocenters. The summed E-state index contributed by atoms with van der Waals surface area (Å²) in [6.07, 6.45) is 1.56. The quantitative estimate of drug-likeness (QED) is 0.512. The highest BCUT2D eigenvalue weighted by Crippen LogP contribution is 2.49. The standard InChI is InChI=1S/C20H15BrN4O3S/c21-17-9-8-16(29-17)18-11(10-22)20(23)24(14-6-3-7-15(26)19(14)18)12-4-1-2-5-13(12)25(27)28/h1-2,4-5,8-9,18H,3,6-7,23H2. The number of ketones is 1. The molecule has 0 saturated carbocycles. The maximum Gasteiger partial charge on any atom is 0.293 e. The Labute approximate surface area is 179 Å². The number of nitro groups is 1. The lowest BCUT2D eigenvalue weighted by molar-refractivity contribution is -0.384. The van der Waals surface area contributed by atoms with Crippen molar-refractivity contribution >= 4 is 44.4 Å². The van der Waals surface area contributed by atoms with E-state index in [4.69, 9.17) is 5.73 Å². The number of Topliss-reactive ketones (excluding diaryl/α,β-unsaturated/α-hetero) is 1. The summed E-state index contributed by atoms with van der Waals surface area (Å²) in [5.41, 5.74) is 7.94. The van der Waals surface area contributed by atoms with Gasteiger partial charge in [-0.25, -0.2) is 0 Å². The molecule has 7 nitrogen and oxygen atoms in total. The molecule has 2 aromatic rings.